The van der Waals surface area contributed by atoms with Crippen LogP contribution in [0.1, 0.15) is 19.8 Å². The molecule has 1 aliphatic heterocycles. The zero-order valence-electron chi connectivity index (χ0n) is 16.6. The van der Waals surface area contributed by atoms with Gasteiger partial charge >= 0.3 is 0 Å². The van der Waals surface area contributed by atoms with Gasteiger partial charge in [-0.25, -0.2) is 8.42 Å². The molecule has 156 valence electrons. The van der Waals surface area contributed by atoms with E-state index in [-0.39, 0.29) is 17.3 Å². The van der Waals surface area contributed by atoms with Crippen molar-refractivity contribution in [2.45, 2.75) is 24.7 Å². The number of hydrogen-bond acceptors (Lipinski definition) is 5. The first-order chi connectivity index (χ1) is 13.9. The Labute approximate surface area is 171 Å². The van der Waals surface area contributed by atoms with Crippen LogP contribution in [0.4, 0.5) is 5.69 Å². The van der Waals surface area contributed by atoms with E-state index < -0.39 is 15.9 Å². The molecule has 1 unspecified atom stereocenters. The van der Waals surface area contributed by atoms with Crippen molar-refractivity contribution >= 4 is 21.6 Å². The number of amides is 1. The first-order valence-electron chi connectivity index (χ1n) is 9.62. The second-order valence-electron chi connectivity index (χ2n) is 6.82. The van der Waals surface area contributed by atoms with Crippen LogP contribution in [0.2, 0.25) is 0 Å². The number of carbonyl (C=O) groups is 1. The van der Waals surface area contributed by atoms with E-state index in [1.807, 2.05) is 6.92 Å². The number of nitrogens with zero attached hydrogens (tertiary/aromatic N) is 1. The number of ether oxygens (including phenoxy) is 2. The molecule has 1 N–H and O–H groups in total. The average Bonchev–Trinajstić information content (AvgIpc) is 2.75. The highest BCUT2D eigenvalue weighted by atomic mass is 32.2. The maximum absolute atomic E-state index is 13.0. The van der Waals surface area contributed by atoms with E-state index in [1.165, 1.54) is 23.5 Å². The minimum absolute atomic E-state index is 0.164. The number of nitrogens with one attached hydrogen (secondary N) is 1. The molecule has 1 heterocycles. The standard InChI is InChI=1S/C21H26N2O5S/c1-3-28-19-8-6-17(7-9-19)22-21(24)16-5-4-14-23(15-16)29(25,26)20-12-10-18(27-2)11-13-20/h6-13,16H,3-5,14-15H2,1-2H3,(H,22,24). The Balaban J connectivity index is 1.66. The molecule has 0 saturated carbocycles. The molecule has 0 bridgehead atoms. The fourth-order valence-corrected chi connectivity index (χ4v) is 4.84. The van der Waals surface area contributed by atoms with Gasteiger partial charge < -0.3 is 14.8 Å². The molecule has 8 heteroatoms. The van der Waals surface area contributed by atoms with E-state index in [1.54, 1.807) is 36.4 Å². The van der Waals surface area contributed by atoms with Gasteiger partial charge in [-0.05, 0) is 68.3 Å². The second kappa shape index (κ2) is 9.28. The minimum atomic E-state index is -3.66. The van der Waals surface area contributed by atoms with Crippen molar-refractivity contribution in [3.8, 4) is 11.5 Å². The number of sulfonamides is 1. The number of benzene rings is 2. The summed E-state index contributed by atoms with van der Waals surface area (Å²) in [6.45, 7) is 3.05. The van der Waals surface area contributed by atoms with Crippen LogP contribution in [0.15, 0.2) is 53.4 Å². The lowest BCUT2D eigenvalue weighted by Gasteiger charge is -2.31. The van der Waals surface area contributed by atoms with E-state index in [9.17, 15) is 13.2 Å². The highest BCUT2D eigenvalue weighted by Crippen LogP contribution is 2.26. The topological polar surface area (TPSA) is 84.9 Å². The maximum atomic E-state index is 13.0. The van der Waals surface area contributed by atoms with Gasteiger partial charge in [-0.2, -0.15) is 4.31 Å². The van der Waals surface area contributed by atoms with Gasteiger partial charge in [0, 0.05) is 18.8 Å². The van der Waals surface area contributed by atoms with Crippen LogP contribution in [0.3, 0.4) is 0 Å². The monoisotopic (exact) mass is 418 g/mol. The van der Waals surface area contributed by atoms with Gasteiger partial charge in [0.1, 0.15) is 11.5 Å². The van der Waals surface area contributed by atoms with Crippen molar-refractivity contribution in [1.82, 2.24) is 4.31 Å². The molecular weight excluding hydrogens is 392 g/mol. The van der Waals surface area contributed by atoms with E-state index in [4.69, 9.17) is 9.47 Å². The molecular formula is C21H26N2O5S. The quantitative estimate of drug-likeness (QED) is 0.747. The van der Waals surface area contributed by atoms with E-state index in [2.05, 4.69) is 5.32 Å². The summed E-state index contributed by atoms with van der Waals surface area (Å²) >= 11 is 0. The minimum Gasteiger partial charge on any atom is -0.497 e. The summed E-state index contributed by atoms with van der Waals surface area (Å²) in [6.07, 6.45) is 1.29. The molecule has 1 aliphatic rings. The molecule has 2 aromatic rings. The summed E-state index contributed by atoms with van der Waals surface area (Å²) < 4.78 is 37.8. The molecule has 2 aromatic carbocycles. The Kier molecular flexibility index (Phi) is 6.76. The van der Waals surface area contributed by atoms with Crippen LogP contribution >= 0.6 is 0 Å². The molecule has 1 fully saturated rings. The van der Waals surface area contributed by atoms with Crippen molar-refractivity contribution in [3.63, 3.8) is 0 Å². The zero-order valence-corrected chi connectivity index (χ0v) is 17.4. The summed E-state index contributed by atoms with van der Waals surface area (Å²) in [4.78, 5) is 12.9. The third-order valence-electron chi connectivity index (χ3n) is 4.88. The number of anilines is 1. The highest BCUT2D eigenvalue weighted by molar-refractivity contribution is 7.89. The van der Waals surface area contributed by atoms with Gasteiger partial charge in [0.25, 0.3) is 0 Å². The van der Waals surface area contributed by atoms with Crippen molar-refractivity contribution < 1.29 is 22.7 Å². The summed E-state index contributed by atoms with van der Waals surface area (Å²) in [5.41, 5.74) is 0.661. The normalized spacial score (nSPS) is 17.5. The molecule has 0 aliphatic carbocycles. The van der Waals surface area contributed by atoms with Crippen molar-refractivity contribution in [2.75, 3.05) is 32.1 Å². The fourth-order valence-electron chi connectivity index (χ4n) is 3.32. The number of hydrogen-bond donors (Lipinski definition) is 1. The predicted molar refractivity (Wildman–Crippen MR) is 111 cm³/mol. The number of rotatable bonds is 7. The zero-order chi connectivity index (χ0) is 20.9. The second-order valence-corrected chi connectivity index (χ2v) is 8.76. The van der Waals surface area contributed by atoms with Gasteiger partial charge in [-0.3, -0.25) is 4.79 Å². The van der Waals surface area contributed by atoms with Crippen LogP contribution in [0.25, 0.3) is 0 Å². The summed E-state index contributed by atoms with van der Waals surface area (Å²) in [6, 6.07) is 13.4. The Morgan fingerprint density at radius 2 is 1.76 bits per heavy atom. The first kappa shape index (κ1) is 21.1. The predicted octanol–water partition coefficient (Wildman–Crippen LogP) is 3.13. The van der Waals surface area contributed by atoms with Crippen molar-refractivity contribution in [2.24, 2.45) is 5.92 Å². The summed E-state index contributed by atoms with van der Waals surface area (Å²) in [7, 11) is -2.13. The molecule has 1 saturated heterocycles. The van der Waals surface area contributed by atoms with Crippen LogP contribution in [-0.2, 0) is 14.8 Å². The van der Waals surface area contributed by atoms with E-state index >= 15 is 0 Å². The summed E-state index contributed by atoms with van der Waals surface area (Å²) in [5, 5.41) is 2.88. The first-order valence-corrected chi connectivity index (χ1v) is 11.1. The van der Waals surface area contributed by atoms with Gasteiger partial charge in [0.15, 0.2) is 0 Å². The SMILES string of the molecule is CCOc1ccc(NC(=O)C2CCCN(S(=O)(=O)c3ccc(OC)cc3)C2)cc1. The Morgan fingerprint density at radius 1 is 1.10 bits per heavy atom. The molecule has 29 heavy (non-hydrogen) atoms. The third kappa shape index (κ3) is 5.07. The van der Waals surface area contributed by atoms with Crippen LogP contribution in [0, 0.1) is 5.92 Å². The molecule has 0 aromatic heterocycles. The van der Waals surface area contributed by atoms with E-state index in [0.717, 1.165) is 5.75 Å². The Bertz CT molecular complexity index is 927. The lowest BCUT2D eigenvalue weighted by Crippen LogP contribution is -2.43. The van der Waals surface area contributed by atoms with Crippen LogP contribution < -0.4 is 14.8 Å². The average molecular weight is 419 g/mol. The molecule has 0 spiro atoms. The Morgan fingerprint density at radius 3 is 2.38 bits per heavy atom. The van der Waals surface area contributed by atoms with Gasteiger partial charge in [0.05, 0.1) is 24.5 Å². The molecule has 1 amide bonds. The largest absolute Gasteiger partial charge is 0.497 e. The fraction of sp³-hybridized carbons (Fsp3) is 0.381. The smallest absolute Gasteiger partial charge is 0.243 e. The van der Waals surface area contributed by atoms with E-state index in [0.29, 0.717) is 37.4 Å². The van der Waals surface area contributed by atoms with Gasteiger partial charge in [0.2, 0.25) is 15.9 Å². The maximum Gasteiger partial charge on any atom is 0.243 e. The highest BCUT2D eigenvalue weighted by Gasteiger charge is 2.33. The van der Waals surface area contributed by atoms with Crippen LogP contribution in [0.5, 0.6) is 11.5 Å². The lowest BCUT2D eigenvalue weighted by molar-refractivity contribution is -0.120. The summed E-state index contributed by atoms with van der Waals surface area (Å²) in [5.74, 6) is 0.752. The Hall–Kier alpha value is -2.58. The number of methoxy groups -OCH3 is 1. The number of piperidine rings is 1. The molecule has 7 nitrogen and oxygen atoms in total. The molecule has 3 rings (SSSR count). The molecule has 0 radical (unpaired) electrons. The van der Waals surface area contributed by atoms with Crippen LogP contribution in [-0.4, -0.2) is 45.4 Å². The van der Waals surface area contributed by atoms with Crippen molar-refractivity contribution in [3.05, 3.63) is 48.5 Å². The lowest BCUT2D eigenvalue weighted by atomic mass is 9.99. The third-order valence-corrected chi connectivity index (χ3v) is 6.76. The number of carbonyl (C=O) groups excluding carboxylic acids is 1. The van der Waals surface area contributed by atoms with Crippen molar-refractivity contribution in [1.29, 1.82) is 0 Å². The van der Waals surface area contributed by atoms with Gasteiger partial charge in [-0.15, -0.1) is 0 Å². The van der Waals surface area contributed by atoms with Gasteiger partial charge in [-0.1, -0.05) is 0 Å². The molecule has 1 atom stereocenters.